The van der Waals surface area contributed by atoms with Crippen LogP contribution in [0.1, 0.15) is 16.1 Å². The molecular weight excluding hydrogens is 274 g/mol. The fourth-order valence-electron chi connectivity index (χ4n) is 1.97. The summed E-state index contributed by atoms with van der Waals surface area (Å²) in [6, 6.07) is 10.7. The van der Waals surface area contributed by atoms with Crippen LogP contribution in [0.2, 0.25) is 5.02 Å². The quantitative estimate of drug-likeness (QED) is 0.875. The number of allylic oxidation sites excluding steroid dienone is 2. The van der Waals surface area contributed by atoms with E-state index < -0.39 is 0 Å². The summed E-state index contributed by atoms with van der Waals surface area (Å²) in [5.74, 6) is -0.268. The van der Waals surface area contributed by atoms with Crippen molar-refractivity contribution in [1.29, 1.82) is 0 Å². The van der Waals surface area contributed by atoms with E-state index in [1.165, 1.54) is 0 Å². The summed E-state index contributed by atoms with van der Waals surface area (Å²) in [7, 11) is 0. The molecule has 0 bridgehead atoms. The molecule has 0 amide bonds. The fourth-order valence-corrected chi connectivity index (χ4v) is 2.09. The topological polar surface area (TPSA) is 68.3 Å². The van der Waals surface area contributed by atoms with Crippen molar-refractivity contribution in [3.63, 3.8) is 0 Å². The van der Waals surface area contributed by atoms with E-state index in [4.69, 9.17) is 17.3 Å². The van der Waals surface area contributed by atoms with E-state index >= 15 is 0 Å². The van der Waals surface area contributed by atoms with Gasteiger partial charge in [-0.15, -0.1) is 0 Å². The molecule has 1 aliphatic carbocycles. The number of fused-ring (bicyclic) bond motifs is 1. The molecule has 0 radical (unpaired) electrons. The number of hydrogen-bond acceptors (Lipinski definition) is 4. The Morgan fingerprint density at radius 2 is 1.90 bits per heavy atom. The first kappa shape index (κ1) is 12.6. The zero-order chi connectivity index (χ0) is 14.1. The Morgan fingerprint density at radius 3 is 2.65 bits per heavy atom. The van der Waals surface area contributed by atoms with Crippen LogP contribution in [0.3, 0.4) is 0 Å². The number of ketones is 1. The molecular formula is C15H10ClN3O. The molecule has 0 atom stereocenters. The second kappa shape index (κ2) is 4.90. The minimum atomic E-state index is -0.268. The van der Waals surface area contributed by atoms with Gasteiger partial charge in [0.25, 0.3) is 0 Å². The highest BCUT2D eigenvalue weighted by molar-refractivity contribution is 6.30. The van der Waals surface area contributed by atoms with Crippen molar-refractivity contribution in [3.05, 3.63) is 70.6 Å². The number of aliphatic imine (C=N–C) groups is 1. The van der Waals surface area contributed by atoms with Gasteiger partial charge in [-0.3, -0.25) is 9.78 Å². The third-order valence-corrected chi connectivity index (χ3v) is 3.18. The maximum atomic E-state index is 11.9. The standard InChI is InChI=1S/C15H10ClN3O/c16-9-3-5-10(6-4-9)19-13-8-12(17)15(20)14-11(13)2-1-7-18-14/h1-8H,17H2. The van der Waals surface area contributed by atoms with Crippen LogP contribution in [0.4, 0.5) is 5.69 Å². The van der Waals surface area contributed by atoms with E-state index in [2.05, 4.69) is 9.98 Å². The minimum absolute atomic E-state index is 0.143. The molecule has 0 aliphatic heterocycles. The van der Waals surface area contributed by atoms with Crippen LogP contribution in [-0.2, 0) is 0 Å². The van der Waals surface area contributed by atoms with Crippen LogP contribution in [0.15, 0.2) is 59.4 Å². The highest BCUT2D eigenvalue weighted by Crippen LogP contribution is 2.22. The maximum absolute atomic E-state index is 11.9. The lowest BCUT2D eigenvalue weighted by molar-refractivity contribution is 0.102. The van der Waals surface area contributed by atoms with Gasteiger partial charge in [-0.25, -0.2) is 4.99 Å². The van der Waals surface area contributed by atoms with Gasteiger partial charge in [0.1, 0.15) is 5.69 Å². The first-order valence-corrected chi connectivity index (χ1v) is 6.34. The Kier molecular flexibility index (Phi) is 3.08. The second-order valence-electron chi connectivity index (χ2n) is 4.30. The number of aromatic nitrogens is 1. The number of halogens is 1. The minimum Gasteiger partial charge on any atom is -0.395 e. The normalized spacial score (nSPS) is 15.9. The molecule has 2 aromatic rings. The van der Waals surface area contributed by atoms with Crippen molar-refractivity contribution in [2.45, 2.75) is 0 Å². The van der Waals surface area contributed by atoms with Crippen molar-refractivity contribution in [3.8, 4) is 0 Å². The highest BCUT2D eigenvalue weighted by Gasteiger charge is 2.23. The van der Waals surface area contributed by atoms with Gasteiger partial charge < -0.3 is 5.73 Å². The average molecular weight is 284 g/mol. The number of hydrogen-bond donors (Lipinski definition) is 1. The Labute approximate surface area is 120 Å². The predicted molar refractivity (Wildman–Crippen MR) is 78.5 cm³/mol. The van der Waals surface area contributed by atoms with Gasteiger partial charge in [-0.05, 0) is 42.5 Å². The number of pyridine rings is 1. The summed E-state index contributed by atoms with van der Waals surface area (Å²) < 4.78 is 0. The molecule has 5 heteroatoms. The molecule has 2 N–H and O–H groups in total. The number of carbonyl (C=O) groups excluding carboxylic acids is 1. The number of carbonyl (C=O) groups is 1. The molecule has 1 heterocycles. The zero-order valence-electron chi connectivity index (χ0n) is 10.4. The first-order chi connectivity index (χ1) is 9.65. The van der Waals surface area contributed by atoms with Gasteiger partial charge in [0.2, 0.25) is 5.78 Å². The van der Waals surface area contributed by atoms with E-state index in [-0.39, 0.29) is 11.5 Å². The average Bonchev–Trinajstić information content (AvgIpc) is 2.47. The summed E-state index contributed by atoms with van der Waals surface area (Å²) in [4.78, 5) is 20.5. The van der Waals surface area contributed by atoms with Gasteiger partial charge >= 0.3 is 0 Å². The monoisotopic (exact) mass is 283 g/mol. The third kappa shape index (κ3) is 2.21. The number of Topliss-reactive ketones (excluding diaryl/α,β-unsaturated/α-hetero) is 1. The molecule has 0 saturated carbocycles. The maximum Gasteiger partial charge on any atom is 0.227 e. The van der Waals surface area contributed by atoms with Crippen LogP contribution < -0.4 is 5.73 Å². The van der Waals surface area contributed by atoms with Crippen molar-refractivity contribution < 1.29 is 4.79 Å². The largest absolute Gasteiger partial charge is 0.395 e. The zero-order valence-corrected chi connectivity index (χ0v) is 11.1. The lowest BCUT2D eigenvalue weighted by atomic mass is 9.97. The van der Waals surface area contributed by atoms with Gasteiger partial charge in [-0.1, -0.05) is 11.6 Å². The molecule has 1 aliphatic rings. The van der Waals surface area contributed by atoms with Crippen molar-refractivity contribution in [2.24, 2.45) is 10.7 Å². The van der Waals surface area contributed by atoms with Crippen molar-refractivity contribution >= 4 is 28.8 Å². The third-order valence-electron chi connectivity index (χ3n) is 2.93. The summed E-state index contributed by atoms with van der Waals surface area (Å²) >= 11 is 5.84. The van der Waals surface area contributed by atoms with Gasteiger partial charge in [0.05, 0.1) is 17.1 Å². The van der Waals surface area contributed by atoms with Gasteiger partial charge in [0, 0.05) is 16.8 Å². The molecule has 0 saturated heterocycles. The molecule has 0 fully saturated rings. The molecule has 3 rings (SSSR count). The fraction of sp³-hybridized carbons (Fsp3) is 0. The molecule has 0 unspecified atom stereocenters. The van der Waals surface area contributed by atoms with E-state index in [0.29, 0.717) is 22.0 Å². The van der Waals surface area contributed by atoms with Crippen LogP contribution >= 0.6 is 11.6 Å². The highest BCUT2D eigenvalue weighted by atomic mass is 35.5. The second-order valence-corrected chi connectivity index (χ2v) is 4.74. The first-order valence-electron chi connectivity index (χ1n) is 5.96. The van der Waals surface area contributed by atoms with Crippen LogP contribution in [0.25, 0.3) is 0 Å². The smallest absolute Gasteiger partial charge is 0.227 e. The van der Waals surface area contributed by atoms with Gasteiger partial charge in [0.15, 0.2) is 0 Å². The SMILES string of the molecule is NC1=CC(=Nc2ccc(Cl)cc2)c2cccnc2C1=O. The molecule has 1 aromatic carbocycles. The molecule has 4 nitrogen and oxygen atoms in total. The van der Waals surface area contributed by atoms with E-state index in [1.807, 2.05) is 0 Å². The van der Waals surface area contributed by atoms with E-state index in [9.17, 15) is 4.79 Å². The number of rotatable bonds is 1. The van der Waals surface area contributed by atoms with Crippen LogP contribution in [0, 0.1) is 0 Å². The number of benzene rings is 1. The molecule has 0 spiro atoms. The summed E-state index contributed by atoms with van der Waals surface area (Å²) in [5.41, 5.74) is 8.24. The van der Waals surface area contributed by atoms with Crippen LogP contribution in [0.5, 0.6) is 0 Å². The summed E-state index contributed by atoms with van der Waals surface area (Å²) in [5, 5.41) is 0.643. The Balaban J connectivity index is 2.13. The predicted octanol–water partition coefficient (Wildman–Crippen LogP) is 2.89. The lowest BCUT2D eigenvalue weighted by Gasteiger charge is -2.13. The van der Waals surface area contributed by atoms with Gasteiger partial charge in [-0.2, -0.15) is 0 Å². The number of nitrogens with zero attached hydrogens (tertiary/aromatic N) is 2. The Morgan fingerprint density at radius 1 is 1.15 bits per heavy atom. The summed E-state index contributed by atoms with van der Waals surface area (Å²) in [6.45, 7) is 0. The van der Waals surface area contributed by atoms with Crippen molar-refractivity contribution in [2.75, 3.05) is 0 Å². The Bertz CT molecular complexity index is 748. The van der Waals surface area contributed by atoms with Crippen LogP contribution in [-0.4, -0.2) is 16.5 Å². The van der Waals surface area contributed by atoms with E-state index in [1.54, 1.807) is 48.7 Å². The summed E-state index contributed by atoms with van der Waals surface area (Å²) in [6.07, 6.45) is 3.14. The van der Waals surface area contributed by atoms with Crippen molar-refractivity contribution in [1.82, 2.24) is 4.98 Å². The number of nitrogens with two attached hydrogens (primary N) is 1. The lowest BCUT2D eigenvalue weighted by Crippen LogP contribution is -2.23. The van der Waals surface area contributed by atoms with E-state index in [0.717, 1.165) is 5.69 Å². The molecule has 1 aromatic heterocycles. The Hall–Kier alpha value is -2.46. The molecule has 98 valence electrons. The molecule has 20 heavy (non-hydrogen) atoms.